The molecule has 1 aromatic carbocycles. The number of hydrogen-bond donors (Lipinski definition) is 2. The molecule has 3 heterocycles. The highest BCUT2D eigenvalue weighted by Crippen LogP contribution is 2.31. The fraction of sp³-hybridized carbons (Fsp3) is 0.278. The molecule has 0 saturated heterocycles. The summed E-state index contributed by atoms with van der Waals surface area (Å²) in [6.07, 6.45) is 4.76. The van der Waals surface area contributed by atoms with E-state index in [1.54, 1.807) is 31.5 Å². The molecule has 0 aliphatic heterocycles. The number of rotatable bonds is 6. The van der Waals surface area contributed by atoms with Crippen molar-refractivity contribution in [3.8, 4) is 0 Å². The Labute approximate surface area is 161 Å². The second kappa shape index (κ2) is 6.88. The van der Waals surface area contributed by atoms with Crippen LogP contribution in [-0.4, -0.2) is 53.4 Å². The van der Waals surface area contributed by atoms with Crippen LogP contribution in [-0.2, 0) is 21.1 Å². The minimum Gasteiger partial charge on any atom is -0.383 e. The number of fused-ring (bicyclic) bond motifs is 3. The maximum absolute atomic E-state index is 11.9. The van der Waals surface area contributed by atoms with Crippen LogP contribution < -0.4 is 5.32 Å². The number of sulfone groups is 1. The first-order valence-corrected chi connectivity index (χ1v) is 10.5. The van der Waals surface area contributed by atoms with Crippen LogP contribution >= 0.6 is 0 Å². The standard InChI is InChI=1S/C18H20N6O3S/c1-11-16(10-24(23-11)6-7-27-2)21-18-17-14(9-19-22-17)13-8-12(28(3,25)26)4-5-15(13)20-18/h4-5,8-10H,6-7H2,1-3H3,(H,19,22)(H,20,21). The fourth-order valence-corrected chi connectivity index (χ4v) is 3.71. The number of H-pyrrole nitrogens is 1. The molecular weight excluding hydrogens is 380 g/mol. The van der Waals surface area contributed by atoms with Gasteiger partial charge in [0.2, 0.25) is 0 Å². The molecule has 0 saturated carbocycles. The van der Waals surface area contributed by atoms with Crippen LogP contribution in [0.25, 0.3) is 21.8 Å². The third-order valence-electron chi connectivity index (χ3n) is 4.52. The number of nitrogens with zero attached hydrogens (tertiary/aromatic N) is 4. The summed E-state index contributed by atoms with van der Waals surface area (Å²) in [6.45, 7) is 3.13. The first-order chi connectivity index (χ1) is 13.4. The van der Waals surface area contributed by atoms with E-state index in [0.29, 0.717) is 30.0 Å². The third kappa shape index (κ3) is 3.32. The van der Waals surface area contributed by atoms with Gasteiger partial charge in [0.15, 0.2) is 15.7 Å². The summed E-state index contributed by atoms with van der Waals surface area (Å²) in [6, 6.07) is 4.90. The normalized spacial score (nSPS) is 12.1. The number of ether oxygens (including phenoxy) is 1. The molecule has 146 valence electrons. The monoisotopic (exact) mass is 400 g/mol. The van der Waals surface area contributed by atoms with Gasteiger partial charge in [0.25, 0.3) is 0 Å². The molecule has 0 aliphatic rings. The second-order valence-corrected chi connectivity index (χ2v) is 8.60. The van der Waals surface area contributed by atoms with Crippen molar-refractivity contribution in [2.45, 2.75) is 18.4 Å². The van der Waals surface area contributed by atoms with E-state index < -0.39 is 9.84 Å². The third-order valence-corrected chi connectivity index (χ3v) is 5.63. The molecule has 0 aliphatic carbocycles. The van der Waals surface area contributed by atoms with E-state index >= 15 is 0 Å². The first kappa shape index (κ1) is 18.4. The molecule has 2 N–H and O–H groups in total. The van der Waals surface area contributed by atoms with Crippen LogP contribution in [0.3, 0.4) is 0 Å². The van der Waals surface area contributed by atoms with Crippen molar-refractivity contribution in [3.63, 3.8) is 0 Å². The largest absolute Gasteiger partial charge is 0.383 e. The van der Waals surface area contributed by atoms with Crippen molar-refractivity contribution in [3.05, 3.63) is 36.3 Å². The summed E-state index contributed by atoms with van der Waals surface area (Å²) >= 11 is 0. The van der Waals surface area contributed by atoms with Crippen molar-refractivity contribution < 1.29 is 13.2 Å². The minimum atomic E-state index is -3.31. The Kier molecular flexibility index (Phi) is 4.52. The Morgan fingerprint density at radius 2 is 2.11 bits per heavy atom. The lowest BCUT2D eigenvalue weighted by Gasteiger charge is -2.09. The van der Waals surface area contributed by atoms with Crippen LogP contribution in [0.4, 0.5) is 11.5 Å². The van der Waals surface area contributed by atoms with E-state index in [4.69, 9.17) is 4.74 Å². The molecule has 3 aromatic heterocycles. The van der Waals surface area contributed by atoms with Gasteiger partial charge in [-0.15, -0.1) is 0 Å². The summed E-state index contributed by atoms with van der Waals surface area (Å²) in [5.74, 6) is 0.599. The number of aromatic nitrogens is 5. The molecule has 4 rings (SSSR count). The molecule has 0 radical (unpaired) electrons. The lowest BCUT2D eigenvalue weighted by atomic mass is 10.1. The minimum absolute atomic E-state index is 0.250. The molecule has 0 unspecified atom stereocenters. The maximum atomic E-state index is 11.9. The Hall–Kier alpha value is -2.98. The molecule has 0 spiro atoms. The van der Waals surface area contributed by atoms with Gasteiger partial charge in [-0.1, -0.05) is 0 Å². The number of hydrogen-bond acceptors (Lipinski definition) is 7. The zero-order valence-electron chi connectivity index (χ0n) is 15.7. The number of aryl methyl sites for hydroxylation is 1. The Morgan fingerprint density at radius 3 is 2.86 bits per heavy atom. The molecule has 4 aromatic rings. The number of nitrogens with one attached hydrogen (secondary N) is 2. The van der Waals surface area contributed by atoms with Gasteiger partial charge in [-0.05, 0) is 25.1 Å². The van der Waals surface area contributed by atoms with E-state index in [-0.39, 0.29) is 4.90 Å². The van der Waals surface area contributed by atoms with Crippen molar-refractivity contribution in [1.29, 1.82) is 0 Å². The Bertz CT molecular complexity index is 1280. The van der Waals surface area contributed by atoms with Crippen LogP contribution in [0.1, 0.15) is 5.69 Å². The number of anilines is 2. The lowest BCUT2D eigenvalue weighted by Crippen LogP contribution is -2.04. The summed E-state index contributed by atoms with van der Waals surface area (Å²) in [5.41, 5.74) is 3.03. The predicted octanol–water partition coefficient (Wildman–Crippen LogP) is 2.41. The van der Waals surface area contributed by atoms with Gasteiger partial charge in [0, 0.05) is 30.3 Å². The van der Waals surface area contributed by atoms with Gasteiger partial charge in [0.1, 0.15) is 5.52 Å². The molecule has 0 amide bonds. The van der Waals surface area contributed by atoms with Crippen LogP contribution in [0.2, 0.25) is 0 Å². The zero-order valence-corrected chi connectivity index (χ0v) is 16.5. The van der Waals surface area contributed by atoms with E-state index in [9.17, 15) is 8.42 Å². The predicted molar refractivity (Wildman–Crippen MR) is 107 cm³/mol. The van der Waals surface area contributed by atoms with Crippen molar-refractivity contribution in [2.24, 2.45) is 0 Å². The molecule has 9 nitrogen and oxygen atoms in total. The fourth-order valence-electron chi connectivity index (χ4n) is 3.06. The van der Waals surface area contributed by atoms with Gasteiger partial charge >= 0.3 is 0 Å². The first-order valence-electron chi connectivity index (χ1n) is 8.64. The van der Waals surface area contributed by atoms with Crippen molar-refractivity contribution >= 4 is 43.1 Å². The summed E-state index contributed by atoms with van der Waals surface area (Å²) in [4.78, 5) is 4.92. The smallest absolute Gasteiger partial charge is 0.175 e. The highest BCUT2D eigenvalue weighted by atomic mass is 32.2. The summed E-state index contributed by atoms with van der Waals surface area (Å²) in [5, 5.41) is 16.4. The Morgan fingerprint density at radius 1 is 1.29 bits per heavy atom. The van der Waals surface area contributed by atoms with Gasteiger partial charge < -0.3 is 10.1 Å². The topological polar surface area (TPSA) is 115 Å². The zero-order chi connectivity index (χ0) is 19.9. The van der Waals surface area contributed by atoms with E-state index in [0.717, 1.165) is 22.2 Å². The summed E-state index contributed by atoms with van der Waals surface area (Å²) < 4.78 is 30.7. The molecule has 28 heavy (non-hydrogen) atoms. The molecular formula is C18H20N6O3S. The van der Waals surface area contributed by atoms with Gasteiger partial charge in [-0.2, -0.15) is 10.2 Å². The van der Waals surface area contributed by atoms with Crippen molar-refractivity contribution in [2.75, 3.05) is 25.3 Å². The number of pyridine rings is 1. The SMILES string of the molecule is COCCn1cc(Nc2nc3ccc(S(C)(=O)=O)cc3c3cn[nH]c23)c(C)n1. The molecule has 0 fully saturated rings. The van der Waals surface area contributed by atoms with Gasteiger partial charge in [-0.3, -0.25) is 9.78 Å². The lowest BCUT2D eigenvalue weighted by molar-refractivity contribution is 0.183. The van der Waals surface area contributed by atoms with Crippen LogP contribution in [0, 0.1) is 6.92 Å². The van der Waals surface area contributed by atoms with Crippen molar-refractivity contribution in [1.82, 2.24) is 25.0 Å². The van der Waals surface area contributed by atoms with Gasteiger partial charge in [0.05, 0.1) is 41.1 Å². The molecule has 0 bridgehead atoms. The molecule has 0 atom stereocenters. The van der Waals surface area contributed by atoms with E-state index in [1.807, 2.05) is 17.8 Å². The maximum Gasteiger partial charge on any atom is 0.175 e. The molecule has 10 heteroatoms. The number of methoxy groups -OCH3 is 1. The Balaban J connectivity index is 1.80. The summed E-state index contributed by atoms with van der Waals surface area (Å²) in [7, 11) is -1.66. The highest BCUT2D eigenvalue weighted by Gasteiger charge is 2.15. The van der Waals surface area contributed by atoms with Gasteiger partial charge in [-0.25, -0.2) is 13.4 Å². The highest BCUT2D eigenvalue weighted by molar-refractivity contribution is 7.90. The van der Waals surface area contributed by atoms with Crippen LogP contribution in [0.5, 0.6) is 0 Å². The van der Waals surface area contributed by atoms with E-state index in [1.165, 1.54) is 6.26 Å². The average molecular weight is 400 g/mol. The second-order valence-electron chi connectivity index (χ2n) is 6.58. The quantitative estimate of drug-likeness (QED) is 0.511. The number of aromatic amines is 1. The van der Waals surface area contributed by atoms with Crippen LogP contribution in [0.15, 0.2) is 35.5 Å². The number of benzene rings is 1. The van der Waals surface area contributed by atoms with E-state index in [2.05, 4.69) is 25.6 Å². The average Bonchev–Trinajstić information content (AvgIpc) is 3.26.